The maximum atomic E-state index is 11.4. The van der Waals surface area contributed by atoms with Gasteiger partial charge in [-0.15, -0.1) is 0 Å². The van der Waals surface area contributed by atoms with Gasteiger partial charge in [-0.2, -0.15) is 0 Å². The highest BCUT2D eigenvalue weighted by Crippen LogP contribution is 2.17. The van der Waals surface area contributed by atoms with Gasteiger partial charge in [0, 0.05) is 6.42 Å². The summed E-state index contributed by atoms with van der Waals surface area (Å²) in [5.74, 6) is 0.127. The summed E-state index contributed by atoms with van der Waals surface area (Å²) in [4.78, 5) is 15.5. The fourth-order valence-electron chi connectivity index (χ4n) is 1.52. The molecule has 0 unspecified atom stereocenters. The number of benzene rings is 1. The lowest BCUT2D eigenvalue weighted by molar-refractivity contribution is -0.130. The quantitative estimate of drug-likeness (QED) is 0.562. The van der Waals surface area contributed by atoms with Gasteiger partial charge in [0.15, 0.2) is 11.6 Å². The van der Waals surface area contributed by atoms with E-state index in [2.05, 4.69) is 4.99 Å². The lowest BCUT2D eigenvalue weighted by Crippen LogP contribution is -2.02. The van der Waals surface area contributed by atoms with Crippen LogP contribution in [-0.4, -0.2) is 11.9 Å². The minimum absolute atomic E-state index is 0.363. The molecule has 1 aromatic rings. The van der Waals surface area contributed by atoms with Crippen LogP contribution >= 0.6 is 0 Å². The topological polar surface area (TPSA) is 38.7 Å². The van der Waals surface area contributed by atoms with E-state index in [1.165, 1.54) is 0 Å². The van der Waals surface area contributed by atoms with Crippen LogP contribution in [0.1, 0.15) is 24.5 Å². The molecule has 0 aromatic heterocycles. The van der Waals surface area contributed by atoms with E-state index in [0.717, 1.165) is 11.1 Å². The Kier molecular flexibility index (Phi) is 2.86. The third kappa shape index (κ3) is 2.19. The number of aliphatic imine (C=N–C) groups is 1. The molecule has 1 aromatic carbocycles. The van der Waals surface area contributed by atoms with Crippen LogP contribution in [0.4, 0.5) is 0 Å². The largest absolute Gasteiger partial charge is 0.407 e. The smallest absolute Gasteiger partial charge is 0.363 e. The molecule has 0 bridgehead atoms. The van der Waals surface area contributed by atoms with Gasteiger partial charge in [0.2, 0.25) is 0 Å². The SMILES string of the molecule is CCC1=N/C(=C/c2cccc(C)c2)C(=O)O1. The van der Waals surface area contributed by atoms with E-state index < -0.39 is 0 Å². The zero-order valence-corrected chi connectivity index (χ0v) is 9.36. The summed E-state index contributed by atoms with van der Waals surface area (Å²) in [6.45, 7) is 3.91. The average molecular weight is 215 g/mol. The third-order valence-corrected chi connectivity index (χ3v) is 2.31. The molecule has 0 N–H and O–H groups in total. The summed E-state index contributed by atoms with van der Waals surface area (Å²) in [6, 6.07) is 7.90. The number of hydrogen-bond donors (Lipinski definition) is 0. The molecule has 0 amide bonds. The summed E-state index contributed by atoms with van der Waals surface area (Å²) in [5, 5.41) is 0. The first-order valence-corrected chi connectivity index (χ1v) is 5.27. The molecule has 1 aliphatic rings. The first-order chi connectivity index (χ1) is 7.69. The molecular weight excluding hydrogens is 202 g/mol. The molecular formula is C13H13NO2. The molecule has 0 aliphatic carbocycles. The van der Waals surface area contributed by atoms with Gasteiger partial charge in [-0.3, -0.25) is 0 Å². The molecule has 0 fully saturated rings. The highest BCUT2D eigenvalue weighted by atomic mass is 16.6. The maximum Gasteiger partial charge on any atom is 0.363 e. The summed E-state index contributed by atoms with van der Waals surface area (Å²) < 4.78 is 4.97. The van der Waals surface area contributed by atoms with Crippen LogP contribution in [0, 0.1) is 6.92 Å². The highest BCUT2D eigenvalue weighted by molar-refractivity contribution is 6.07. The number of ether oxygens (including phenoxy) is 1. The van der Waals surface area contributed by atoms with Crippen molar-refractivity contribution in [2.45, 2.75) is 20.3 Å². The van der Waals surface area contributed by atoms with Crippen molar-refractivity contribution in [3.8, 4) is 0 Å². The fourth-order valence-corrected chi connectivity index (χ4v) is 1.52. The summed E-state index contributed by atoms with van der Waals surface area (Å²) >= 11 is 0. The van der Waals surface area contributed by atoms with Gasteiger partial charge in [0.1, 0.15) is 0 Å². The van der Waals surface area contributed by atoms with Crippen LogP contribution in [0.15, 0.2) is 35.0 Å². The van der Waals surface area contributed by atoms with Crippen molar-refractivity contribution in [1.29, 1.82) is 0 Å². The molecule has 2 rings (SSSR count). The number of carbonyl (C=O) groups is 1. The fraction of sp³-hybridized carbons (Fsp3) is 0.231. The molecule has 82 valence electrons. The number of cyclic esters (lactones) is 1. The average Bonchev–Trinajstić information content (AvgIpc) is 2.60. The number of nitrogens with zero attached hydrogens (tertiary/aromatic N) is 1. The van der Waals surface area contributed by atoms with Crippen LogP contribution in [0.3, 0.4) is 0 Å². The lowest BCUT2D eigenvalue weighted by atomic mass is 10.1. The number of esters is 1. The molecule has 16 heavy (non-hydrogen) atoms. The Morgan fingerprint density at radius 1 is 1.44 bits per heavy atom. The maximum absolute atomic E-state index is 11.4. The Balaban J connectivity index is 2.31. The predicted molar refractivity (Wildman–Crippen MR) is 63.0 cm³/mol. The van der Waals surface area contributed by atoms with Crippen LogP contribution in [0.2, 0.25) is 0 Å². The van der Waals surface area contributed by atoms with Crippen molar-refractivity contribution in [3.63, 3.8) is 0 Å². The van der Waals surface area contributed by atoms with Gasteiger partial charge in [-0.1, -0.05) is 36.8 Å². The van der Waals surface area contributed by atoms with Crippen molar-refractivity contribution in [3.05, 3.63) is 41.1 Å². The minimum Gasteiger partial charge on any atom is -0.407 e. The lowest BCUT2D eigenvalue weighted by Gasteiger charge is -1.95. The zero-order chi connectivity index (χ0) is 11.5. The van der Waals surface area contributed by atoms with Crippen LogP contribution in [-0.2, 0) is 9.53 Å². The molecule has 0 atom stereocenters. The van der Waals surface area contributed by atoms with Gasteiger partial charge in [-0.05, 0) is 18.6 Å². The predicted octanol–water partition coefficient (Wildman–Crippen LogP) is 2.70. The van der Waals surface area contributed by atoms with E-state index >= 15 is 0 Å². The Hall–Kier alpha value is -1.90. The minimum atomic E-state index is -0.363. The van der Waals surface area contributed by atoms with E-state index in [4.69, 9.17) is 4.74 Å². The van der Waals surface area contributed by atoms with E-state index in [0.29, 0.717) is 18.0 Å². The van der Waals surface area contributed by atoms with Crippen LogP contribution in [0.5, 0.6) is 0 Å². The molecule has 3 heteroatoms. The van der Waals surface area contributed by atoms with E-state index in [-0.39, 0.29) is 5.97 Å². The first-order valence-electron chi connectivity index (χ1n) is 5.27. The third-order valence-electron chi connectivity index (χ3n) is 2.31. The Morgan fingerprint density at radius 2 is 2.25 bits per heavy atom. The molecule has 0 saturated heterocycles. The second-order valence-corrected chi connectivity index (χ2v) is 3.69. The second kappa shape index (κ2) is 4.31. The number of hydrogen-bond acceptors (Lipinski definition) is 3. The van der Waals surface area contributed by atoms with Crippen LogP contribution in [0.25, 0.3) is 6.08 Å². The van der Waals surface area contributed by atoms with E-state index in [1.807, 2.05) is 38.1 Å². The summed E-state index contributed by atoms with van der Waals surface area (Å²) in [5.41, 5.74) is 2.50. The first kappa shape index (κ1) is 10.6. The standard InChI is InChI=1S/C13H13NO2/c1-3-12-14-11(13(15)16-12)8-10-6-4-5-9(2)7-10/h4-8H,3H2,1-2H3/b11-8+. The molecule has 3 nitrogen and oxygen atoms in total. The van der Waals surface area contributed by atoms with Crippen molar-refractivity contribution in [2.75, 3.05) is 0 Å². The highest BCUT2D eigenvalue weighted by Gasteiger charge is 2.21. The zero-order valence-electron chi connectivity index (χ0n) is 9.36. The van der Waals surface area contributed by atoms with Crippen molar-refractivity contribution in [2.24, 2.45) is 4.99 Å². The van der Waals surface area contributed by atoms with Gasteiger partial charge >= 0.3 is 5.97 Å². The Morgan fingerprint density at radius 3 is 2.88 bits per heavy atom. The molecule has 1 aliphatic heterocycles. The van der Waals surface area contributed by atoms with Crippen molar-refractivity contribution < 1.29 is 9.53 Å². The van der Waals surface area contributed by atoms with Crippen LogP contribution < -0.4 is 0 Å². The normalized spacial score (nSPS) is 17.5. The molecule has 1 heterocycles. The Labute approximate surface area is 94.5 Å². The van der Waals surface area contributed by atoms with Gasteiger partial charge < -0.3 is 4.74 Å². The molecule has 0 radical (unpaired) electrons. The van der Waals surface area contributed by atoms with Crippen molar-refractivity contribution in [1.82, 2.24) is 0 Å². The monoisotopic (exact) mass is 215 g/mol. The van der Waals surface area contributed by atoms with Gasteiger partial charge in [-0.25, -0.2) is 9.79 Å². The number of rotatable bonds is 2. The van der Waals surface area contributed by atoms with Gasteiger partial charge in [0.05, 0.1) is 0 Å². The van der Waals surface area contributed by atoms with E-state index in [9.17, 15) is 4.79 Å². The number of aryl methyl sites for hydroxylation is 1. The Bertz CT molecular complexity index is 486. The van der Waals surface area contributed by atoms with E-state index in [1.54, 1.807) is 6.08 Å². The molecule has 0 spiro atoms. The molecule has 0 saturated carbocycles. The summed E-state index contributed by atoms with van der Waals surface area (Å²) in [6.07, 6.45) is 2.38. The van der Waals surface area contributed by atoms with Gasteiger partial charge in [0.25, 0.3) is 0 Å². The number of carbonyl (C=O) groups excluding carboxylic acids is 1. The second-order valence-electron chi connectivity index (χ2n) is 3.69. The summed E-state index contributed by atoms with van der Waals surface area (Å²) in [7, 11) is 0. The van der Waals surface area contributed by atoms with Crippen molar-refractivity contribution >= 4 is 17.9 Å².